The van der Waals surface area contributed by atoms with Gasteiger partial charge < -0.3 is 14.8 Å². The molecule has 0 bridgehead atoms. The van der Waals surface area contributed by atoms with E-state index in [4.69, 9.17) is 4.52 Å². The van der Waals surface area contributed by atoms with E-state index in [1.165, 1.54) is 0 Å². The molecule has 0 saturated carbocycles. The predicted octanol–water partition coefficient (Wildman–Crippen LogP) is 1.76. The number of rotatable bonds is 4. The normalized spacial score (nSPS) is 10.9. The van der Waals surface area contributed by atoms with Crippen LogP contribution in [0.1, 0.15) is 47.3 Å². The molecule has 0 aliphatic carbocycles. The second-order valence-corrected chi connectivity index (χ2v) is 4.42. The number of aromatic amines is 1. The van der Waals surface area contributed by atoms with Crippen LogP contribution < -0.4 is 5.32 Å². The Bertz CT molecular complexity index is 528. The van der Waals surface area contributed by atoms with E-state index in [2.05, 4.69) is 20.4 Å². The largest absolute Gasteiger partial charge is 0.360 e. The zero-order valence-corrected chi connectivity index (χ0v) is 10.7. The highest BCUT2D eigenvalue weighted by Crippen LogP contribution is 2.21. The predicted molar refractivity (Wildman–Crippen MR) is 65.1 cm³/mol. The molecule has 2 aromatic rings. The van der Waals surface area contributed by atoms with Crippen molar-refractivity contribution in [3.63, 3.8) is 0 Å². The van der Waals surface area contributed by atoms with Crippen molar-refractivity contribution in [2.75, 3.05) is 0 Å². The molecule has 0 unspecified atom stereocenters. The van der Waals surface area contributed by atoms with Crippen LogP contribution in [0.15, 0.2) is 17.0 Å². The van der Waals surface area contributed by atoms with E-state index < -0.39 is 0 Å². The Morgan fingerprint density at radius 1 is 1.56 bits per heavy atom. The molecule has 6 heteroatoms. The smallest absolute Gasteiger partial charge is 0.257 e. The summed E-state index contributed by atoms with van der Waals surface area (Å²) in [4.78, 5) is 18.9. The summed E-state index contributed by atoms with van der Waals surface area (Å²) >= 11 is 0. The molecule has 0 spiro atoms. The summed E-state index contributed by atoms with van der Waals surface area (Å²) in [6.45, 7) is 6.10. The molecule has 0 saturated heterocycles. The third-order valence-electron chi connectivity index (χ3n) is 2.63. The molecule has 6 nitrogen and oxygen atoms in total. The lowest BCUT2D eigenvalue weighted by Gasteiger charge is -2.05. The average molecular weight is 248 g/mol. The molecular weight excluding hydrogens is 232 g/mol. The van der Waals surface area contributed by atoms with Gasteiger partial charge in [-0.2, -0.15) is 0 Å². The number of carbonyl (C=O) groups excluding carboxylic acids is 1. The van der Waals surface area contributed by atoms with Crippen LogP contribution >= 0.6 is 0 Å². The number of H-pyrrole nitrogens is 1. The van der Waals surface area contributed by atoms with Gasteiger partial charge in [-0.1, -0.05) is 19.0 Å². The van der Waals surface area contributed by atoms with E-state index in [9.17, 15) is 4.79 Å². The zero-order valence-electron chi connectivity index (χ0n) is 10.7. The van der Waals surface area contributed by atoms with E-state index in [1.807, 2.05) is 13.8 Å². The molecule has 2 heterocycles. The van der Waals surface area contributed by atoms with Gasteiger partial charge in [-0.15, -0.1) is 0 Å². The molecule has 0 fully saturated rings. The number of imidazole rings is 1. The summed E-state index contributed by atoms with van der Waals surface area (Å²) in [6, 6.07) is 0. The second kappa shape index (κ2) is 5.03. The van der Waals surface area contributed by atoms with Gasteiger partial charge in [0.1, 0.15) is 5.56 Å². The van der Waals surface area contributed by atoms with Gasteiger partial charge in [0.2, 0.25) is 0 Å². The SMILES string of the molecule is Cc1noc(C(C)C)c1C(=O)NCc1cnc[nH]1. The minimum Gasteiger partial charge on any atom is -0.360 e. The van der Waals surface area contributed by atoms with E-state index >= 15 is 0 Å². The van der Waals surface area contributed by atoms with Crippen molar-refractivity contribution in [3.05, 3.63) is 35.2 Å². The van der Waals surface area contributed by atoms with Crippen LogP contribution in [0, 0.1) is 6.92 Å². The lowest BCUT2D eigenvalue weighted by molar-refractivity contribution is 0.0947. The monoisotopic (exact) mass is 248 g/mol. The number of carbonyl (C=O) groups is 1. The van der Waals surface area contributed by atoms with Crippen LogP contribution in [-0.4, -0.2) is 21.0 Å². The molecule has 2 aromatic heterocycles. The van der Waals surface area contributed by atoms with E-state index in [0.29, 0.717) is 23.6 Å². The number of aryl methyl sites for hydroxylation is 1. The zero-order chi connectivity index (χ0) is 13.1. The molecule has 0 atom stereocenters. The summed E-state index contributed by atoms with van der Waals surface area (Å²) in [6.07, 6.45) is 3.25. The summed E-state index contributed by atoms with van der Waals surface area (Å²) in [5, 5.41) is 6.66. The highest BCUT2D eigenvalue weighted by atomic mass is 16.5. The lowest BCUT2D eigenvalue weighted by Crippen LogP contribution is -2.24. The van der Waals surface area contributed by atoms with E-state index in [0.717, 1.165) is 5.69 Å². The van der Waals surface area contributed by atoms with Gasteiger partial charge in [0.05, 0.1) is 24.3 Å². The standard InChI is InChI=1S/C12H16N4O2/c1-7(2)11-10(8(3)16-18-11)12(17)14-5-9-4-13-6-15-9/h4,6-7H,5H2,1-3H3,(H,13,15)(H,14,17). The number of hydrogen-bond acceptors (Lipinski definition) is 4. The third-order valence-corrected chi connectivity index (χ3v) is 2.63. The number of aromatic nitrogens is 3. The number of amides is 1. The fourth-order valence-electron chi connectivity index (χ4n) is 1.70. The van der Waals surface area contributed by atoms with Crippen LogP contribution in [-0.2, 0) is 6.54 Å². The van der Waals surface area contributed by atoms with Crippen LogP contribution in [0.5, 0.6) is 0 Å². The first kappa shape index (κ1) is 12.3. The molecule has 0 radical (unpaired) electrons. The van der Waals surface area contributed by atoms with Crippen molar-refractivity contribution in [1.29, 1.82) is 0 Å². The number of nitrogens with zero attached hydrogens (tertiary/aromatic N) is 2. The van der Waals surface area contributed by atoms with E-state index in [1.54, 1.807) is 19.4 Å². The van der Waals surface area contributed by atoms with Crippen molar-refractivity contribution in [2.45, 2.75) is 33.2 Å². The fraction of sp³-hybridized carbons (Fsp3) is 0.417. The van der Waals surface area contributed by atoms with Crippen molar-refractivity contribution >= 4 is 5.91 Å². The summed E-state index contributed by atoms with van der Waals surface area (Å²) in [5.74, 6) is 0.570. The van der Waals surface area contributed by atoms with Gasteiger partial charge in [-0.25, -0.2) is 4.98 Å². The third kappa shape index (κ3) is 2.42. The van der Waals surface area contributed by atoms with Crippen molar-refractivity contribution < 1.29 is 9.32 Å². The molecule has 0 aliphatic heterocycles. The van der Waals surface area contributed by atoms with Gasteiger partial charge >= 0.3 is 0 Å². The average Bonchev–Trinajstić information content (AvgIpc) is 2.94. The summed E-state index contributed by atoms with van der Waals surface area (Å²) in [7, 11) is 0. The Kier molecular flexibility index (Phi) is 3.45. The second-order valence-electron chi connectivity index (χ2n) is 4.42. The summed E-state index contributed by atoms with van der Waals surface area (Å²) < 4.78 is 5.18. The van der Waals surface area contributed by atoms with Crippen LogP contribution in [0.4, 0.5) is 0 Å². The van der Waals surface area contributed by atoms with E-state index in [-0.39, 0.29) is 11.8 Å². The van der Waals surface area contributed by atoms with Gasteiger partial charge in [-0.05, 0) is 6.92 Å². The molecular formula is C12H16N4O2. The molecule has 2 N–H and O–H groups in total. The minimum absolute atomic E-state index is 0.124. The molecule has 18 heavy (non-hydrogen) atoms. The van der Waals surface area contributed by atoms with Gasteiger partial charge in [0.25, 0.3) is 5.91 Å². The maximum absolute atomic E-state index is 12.1. The van der Waals surface area contributed by atoms with Crippen LogP contribution in [0.3, 0.4) is 0 Å². The first-order chi connectivity index (χ1) is 8.59. The molecule has 0 aromatic carbocycles. The van der Waals surface area contributed by atoms with Gasteiger partial charge in [0, 0.05) is 12.1 Å². The molecule has 2 rings (SSSR count). The first-order valence-corrected chi connectivity index (χ1v) is 5.81. The molecule has 0 aliphatic rings. The first-order valence-electron chi connectivity index (χ1n) is 5.81. The number of nitrogens with one attached hydrogen (secondary N) is 2. The molecule has 96 valence electrons. The Labute approximate surface area is 105 Å². The minimum atomic E-state index is -0.174. The lowest BCUT2D eigenvalue weighted by atomic mass is 10.0. The van der Waals surface area contributed by atoms with Crippen LogP contribution in [0.2, 0.25) is 0 Å². The highest BCUT2D eigenvalue weighted by molar-refractivity contribution is 5.96. The Morgan fingerprint density at radius 3 is 2.94 bits per heavy atom. The van der Waals surface area contributed by atoms with Gasteiger partial charge in [-0.3, -0.25) is 4.79 Å². The van der Waals surface area contributed by atoms with Crippen molar-refractivity contribution in [1.82, 2.24) is 20.4 Å². The summed E-state index contributed by atoms with van der Waals surface area (Å²) in [5.41, 5.74) is 1.99. The van der Waals surface area contributed by atoms with Gasteiger partial charge in [0.15, 0.2) is 5.76 Å². The maximum Gasteiger partial charge on any atom is 0.257 e. The Hall–Kier alpha value is -2.11. The fourth-order valence-corrected chi connectivity index (χ4v) is 1.70. The topological polar surface area (TPSA) is 83.8 Å². The van der Waals surface area contributed by atoms with Crippen LogP contribution in [0.25, 0.3) is 0 Å². The molecule has 1 amide bonds. The highest BCUT2D eigenvalue weighted by Gasteiger charge is 2.22. The quantitative estimate of drug-likeness (QED) is 0.863. The Balaban J connectivity index is 2.11. The Morgan fingerprint density at radius 2 is 2.33 bits per heavy atom. The van der Waals surface area contributed by atoms with Crippen molar-refractivity contribution in [3.8, 4) is 0 Å². The number of hydrogen-bond donors (Lipinski definition) is 2. The van der Waals surface area contributed by atoms with Crippen molar-refractivity contribution in [2.24, 2.45) is 0 Å². The maximum atomic E-state index is 12.1.